The van der Waals surface area contributed by atoms with Crippen molar-refractivity contribution in [2.75, 3.05) is 5.32 Å². The molecule has 0 aliphatic carbocycles. The Kier molecular flexibility index (Phi) is 3.42. The van der Waals surface area contributed by atoms with E-state index in [1.165, 1.54) is 16.7 Å². The van der Waals surface area contributed by atoms with Gasteiger partial charge in [0.2, 0.25) is 5.91 Å². The van der Waals surface area contributed by atoms with E-state index in [0.29, 0.717) is 22.3 Å². The molecule has 0 atom stereocenters. The van der Waals surface area contributed by atoms with Gasteiger partial charge in [-0.3, -0.25) is 9.36 Å². The lowest BCUT2D eigenvalue weighted by molar-refractivity contribution is -0.115. The first-order chi connectivity index (χ1) is 12.0. The third kappa shape index (κ3) is 2.69. The van der Waals surface area contributed by atoms with E-state index in [4.69, 9.17) is 4.42 Å². The quantitative estimate of drug-likeness (QED) is 0.602. The molecule has 0 spiro atoms. The SMILES string of the molecule is Cn1c(=O)oc2cc(NC(=O)Cc3c[nH]c4cc(F)ccc34)ccc21. The molecule has 0 fully saturated rings. The van der Waals surface area contributed by atoms with Crippen LogP contribution in [0.5, 0.6) is 0 Å². The second kappa shape index (κ2) is 5.62. The van der Waals surface area contributed by atoms with Gasteiger partial charge >= 0.3 is 5.76 Å². The number of nitrogens with zero attached hydrogens (tertiary/aromatic N) is 1. The lowest BCUT2D eigenvalue weighted by Gasteiger charge is -2.05. The maximum atomic E-state index is 13.2. The number of carbonyl (C=O) groups excluding carboxylic acids is 1. The van der Waals surface area contributed by atoms with Crippen LogP contribution in [0, 0.1) is 5.82 Å². The molecule has 0 bridgehead atoms. The Hall–Kier alpha value is -3.35. The molecule has 0 saturated carbocycles. The number of hydrogen-bond acceptors (Lipinski definition) is 3. The Balaban J connectivity index is 1.56. The number of aryl methyl sites for hydroxylation is 1. The molecule has 4 rings (SSSR count). The van der Waals surface area contributed by atoms with Crippen LogP contribution in [0.15, 0.2) is 51.8 Å². The number of hydrogen-bond donors (Lipinski definition) is 2. The van der Waals surface area contributed by atoms with Gasteiger partial charge in [0.05, 0.1) is 11.9 Å². The van der Waals surface area contributed by atoms with E-state index < -0.39 is 5.76 Å². The third-order valence-corrected chi connectivity index (χ3v) is 4.16. The number of H-pyrrole nitrogens is 1. The van der Waals surface area contributed by atoms with E-state index >= 15 is 0 Å². The molecular formula is C18H14FN3O3. The molecule has 2 aromatic carbocycles. The number of rotatable bonds is 3. The fourth-order valence-corrected chi connectivity index (χ4v) is 2.89. The van der Waals surface area contributed by atoms with Gasteiger partial charge in [-0.2, -0.15) is 0 Å². The van der Waals surface area contributed by atoms with Gasteiger partial charge in [-0.15, -0.1) is 0 Å². The van der Waals surface area contributed by atoms with E-state index in [9.17, 15) is 14.0 Å². The molecule has 0 aliphatic rings. The topological polar surface area (TPSA) is 80.0 Å². The van der Waals surface area contributed by atoms with Crippen molar-refractivity contribution in [2.45, 2.75) is 6.42 Å². The summed E-state index contributed by atoms with van der Waals surface area (Å²) in [5.74, 6) is -1.00. The smallest absolute Gasteiger partial charge is 0.408 e. The predicted octanol–water partition coefficient (Wildman–Crippen LogP) is 2.93. The number of anilines is 1. The molecule has 6 nitrogen and oxygen atoms in total. The highest BCUT2D eigenvalue weighted by atomic mass is 19.1. The van der Waals surface area contributed by atoms with Gasteiger partial charge in [-0.05, 0) is 35.9 Å². The Morgan fingerprint density at radius 3 is 2.96 bits per heavy atom. The van der Waals surface area contributed by atoms with Gasteiger partial charge in [0.15, 0.2) is 5.58 Å². The summed E-state index contributed by atoms with van der Waals surface area (Å²) in [6, 6.07) is 9.43. The minimum Gasteiger partial charge on any atom is -0.408 e. The Morgan fingerprint density at radius 2 is 2.12 bits per heavy atom. The average Bonchev–Trinajstić information content (AvgIpc) is 3.08. The summed E-state index contributed by atoms with van der Waals surface area (Å²) in [6.07, 6.45) is 1.84. The molecule has 2 N–H and O–H groups in total. The van der Waals surface area contributed by atoms with Crippen LogP contribution in [0.1, 0.15) is 5.56 Å². The molecule has 126 valence electrons. The number of amides is 1. The molecule has 0 saturated heterocycles. The van der Waals surface area contributed by atoms with Crippen LogP contribution < -0.4 is 11.1 Å². The first-order valence-electron chi connectivity index (χ1n) is 7.66. The Bertz CT molecular complexity index is 1170. The predicted molar refractivity (Wildman–Crippen MR) is 92.0 cm³/mol. The van der Waals surface area contributed by atoms with Gasteiger partial charge in [-0.25, -0.2) is 9.18 Å². The van der Waals surface area contributed by atoms with E-state index in [0.717, 1.165) is 10.9 Å². The van der Waals surface area contributed by atoms with Gasteiger partial charge in [-0.1, -0.05) is 0 Å². The molecule has 4 aromatic rings. The molecule has 7 heteroatoms. The van der Waals surface area contributed by atoms with Gasteiger partial charge < -0.3 is 14.7 Å². The first-order valence-corrected chi connectivity index (χ1v) is 7.66. The third-order valence-electron chi connectivity index (χ3n) is 4.16. The van der Waals surface area contributed by atoms with E-state index in [1.54, 1.807) is 37.5 Å². The number of benzene rings is 2. The Labute approximate surface area is 140 Å². The lowest BCUT2D eigenvalue weighted by atomic mass is 10.1. The maximum absolute atomic E-state index is 13.2. The van der Waals surface area contributed by atoms with Crippen molar-refractivity contribution in [1.82, 2.24) is 9.55 Å². The highest BCUT2D eigenvalue weighted by Gasteiger charge is 2.11. The number of fused-ring (bicyclic) bond motifs is 2. The summed E-state index contributed by atoms with van der Waals surface area (Å²) >= 11 is 0. The number of halogens is 1. The van der Waals surface area contributed by atoms with Crippen LogP contribution in [0.3, 0.4) is 0 Å². The largest absolute Gasteiger partial charge is 0.419 e. The molecule has 0 unspecified atom stereocenters. The average molecular weight is 339 g/mol. The standard InChI is InChI=1S/C18H14FN3O3/c1-22-15-5-3-12(8-16(15)25-18(22)24)21-17(23)6-10-9-20-14-7-11(19)2-4-13(10)14/h2-5,7-9,20H,6H2,1H3,(H,21,23). The van der Waals surface area contributed by atoms with Crippen molar-refractivity contribution >= 4 is 33.6 Å². The van der Waals surface area contributed by atoms with E-state index in [2.05, 4.69) is 10.3 Å². The van der Waals surface area contributed by atoms with Crippen molar-refractivity contribution in [3.8, 4) is 0 Å². The molecule has 2 aromatic heterocycles. The summed E-state index contributed by atoms with van der Waals surface area (Å²) in [5, 5.41) is 3.59. The van der Waals surface area contributed by atoms with Crippen molar-refractivity contribution in [3.63, 3.8) is 0 Å². The molecule has 1 amide bonds. The van der Waals surface area contributed by atoms with Crippen LogP contribution in [-0.2, 0) is 18.3 Å². The summed E-state index contributed by atoms with van der Waals surface area (Å²) in [5.41, 5.74) is 3.03. The van der Waals surface area contributed by atoms with Gasteiger partial charge in [0, 0.05) is 35.9 Å². The molecule has 25 heavy (non-hydrogen) atoms. The summed E-state index contributed by atoms with van der Waals surface area (Å²) in [7, 11) is 1.62. The molecule has 0 aliphatic heterocycles. The highest BCUT2D eigenvalue weighted by Crippen LogP contribution is 2.21. The van der Waals surface area contributed by atoms with Crippen LogP contribution in [0.4, 0.5) is 10.1 Å². The zero-order valence-corrected chi connectivity index (χ0v) is 13.3. The zero-order chi connectivity index (χ0) is 17.6. The fraction of sp³-hybridized carbons (Fsp3) is 0.111. The number of aromatic nitrogens is 2. The summed E-state index contributed by atoms with van der Waals surface area (Å²) in [6.45, 7) is 0. The van der Waals surface area contributed by atoms with Crippen molar-refractivity contribution in [2.24, 2.45) is 7.05 Å². The van der Waals surface area contributed by atoms with Crippen LogP contribution >= 0.6 is 0 Å². The van der Waals surface area contributed by atoms with Crippen LogP contribution in [0.25, 0.3) is 22.0 Å². The van der Waals surface area contributed by atoms with Crippen molar-refractivity contribution < 1.29 is 13.6 Å². The first kappa shape index (κ1) is 15.2. The highest BCUT2D eigenvalue weighted by molar-refractivity contribution is 5.96. The second-order valence-electron chi connectivity index (χ2n) is 5.84. The Morgan fingerprint density at radius 1 is 1.28 bits per heavy atom. The fourth-order valence-electron chi connectivity index (χ4n) is 2.89. The van der Waals surface area contributed by atoms with Crippen LogP contribution in [0.2, 0.25) is 0 Å². The summed E-state index contributed by atoms with van der Waals surface area (Å²) < 4.78 is 19.7. The van der Waals surface area contributed by atoms with Crippen molar-refractivity contribution in [3.05, 3.63) is 64.5 Å². The monoisotopic (exact) mass is 339 g/mol. The number of oxazole rings is 1. The molecule has 2 heterocycles. The maximum Gasteiger partial charge on any atom is 0.419 e. The van der Waals surface area contributed by atoms with Crippen molar-refractivity contribution in [1.29, 1.82) is 0 Å². The second-order valence-corrected chi connectivity index (χ2v) is 5.84. The lowest BCUT2D eigenvalue weighted by Crippen LogP contribution is -2.14. The van der Waals surface area contributed by atoms with Crippen LogP contribution in [-0.4, -0.2) is 15.5 Å². The summed E-state index contributed by atoms with van der Waals surface area (Å²) in [4.78, 5) is 26.8. The van der Waals surface area contributed by atoms with Gasteiger partial charge in [0.1, 0.15) is 5.82 Å². The molecule has 0 radical (unpaired) electrons. The normalized spacial score (nSPS) is 11.3. The van der Waals surface area contributed by atoms with E-state index in [-0.39, 0.29) is 18.1 Å². The number of carbonyl (C=O) groups is 1. The number of nitrogens with one attached hydrogen (secondary N) is 2. The van der Waals surface area contributed by atoms with E-state index in [1.807, 2.05) is 0 Å². The molecular weight excluding hydrogens is 325 g/mol. The minimum absolute atomic E-state index is 0.141. The number of aromatic amines is 1. The van der Waals surface area contributed by atoms with Gasteiger partial charge in [0.25, 0.3) is 0 Å². The zero-order valence-electron chi connectivity index (χ0n) is 13.3. The minimum atomic E-state index is -0.454.